The smallest absolute Gasteiger partial charge is 0.392 e. The molecule has 17 heteroatoms. The number of β-amino-alcohol motifs (C(OH)–C–C–N with tert-alkyl or cyclic N) is 1. The van der Waals surface area contributed by atoms with E-state index in [1.165, 1.54) is 29.8 Å². The van der Waals surface area contributed by atoms with Crippen LogP contribution in [0.15, 0.2) is 30.6 Å². The predicted molar refractivity (Wildman–Crippen MR) is 160 cm³/mol. The highest BCUT2D eigenvalue weighted by molar-refractivity contribution is 6.34. The van der Waals surface area contributed by atoms with Gasteiger partial charge in [-0.2, -0.15) is 18.3 Å². The van der Waals surface area contributed by atoms with E-state index < -0.39 is 29.9 Å². The summed E-state index contributed by atoms with van der Waals surface area (Å²) in [5.74, 6) is 0.892. The van der Waals surface area contributed by atoms with Gasteiger partial charge in [0.1, 0.15) is 6.54 Å². The third-order valence-corrected chi connectivity index (χ3v) is 7.81. The summed E-state index contributed by atoms with van der Waals surface area (Å²) in [6.45, 7) is 1.47. The SMILES string of the molecule is C#CCn1cc(-c2cnc(C(=O)Nc3ccc(C(=O)N4CCN(C(=O)[C@@H]5C[C@@H](O)CN5)CC4)c(Cl)c3)n2C)c(C(F)(F)F)n1.Cl. The third-order valence-electron chi connectivity index (χ3n) is 7.49. The lowest BCUT2D eigenvalue weighted by molar-refractivity contribution is -0.141. The lowest BCUT2D eigenvalue weighted by Gasteiger charge is -2.36. The van der Waals surface area contributed by atoms with E-state index in [2.05, 4.69) is 26.6 Å². The fraction of sp³-hybridized carbons (Fsp3) is 0.393. The number of hydrogen-bond donors (Lipinski definition) is 3. The van der Waals surface area contributed by atoms with Crippen LogP contribution in [0, 0.1) is 12.3 Å². The summed E-state index contributed by atoms with van der Waals surface area (Å²) in [6, 6.07) is 3.89. The number of benzene rings is 1. The minimum atomic E-state index is -4.76. The van der Waals surface area contributed by atoms with Crippen LogP contribution in [0.3, 0.4) is 0 Å². The molecule has 0 saturated carbocycles. The van der Waals surface area contributed by atoms with Crippen LogP contribution in [0.25, 0.3) is 11.3 Å². The number of halogens is 5. The van der Waals surface area contributed by atoms with E-state index in [1.54, 1.807) is 9.80 Å². The van der Waals surface area contributed by atoms with Gasteiger partial charge in [0.25, 0.3) is 11.8 Å². The number of anilines is 1. The predicted octanol–water partition coefficient (Wildman–Crippen LogP) is 2.27. The number of hydrogen-bond acceptors (Lipinski definition) is 7. The largest absolute Gasteiger partial charge is 0.435 e. The van der Waals surface area contributed by atoms with Crippen LogP contribution in [-0.2, 0) is 24.6 Å². The van der Waals surface area contributed by atoms with Gasteiger partial charge in [0, 0.05) is 51.7 Å². The number of nitrogens with zero attached hydrogens (tertiary/aromatic N) is 6. The van der Waals surface area contributed by atoms with Crippen LogP contribution >= 0.6 is 24.0 Å². The average molecular weight is 669 g/mol. The second kappa shape index (κ2) is 13.5. The zero-order chi connectivity index (χ0) is 31.8. The Morgan fingerprint density at radius 2 is 1.89 bits per heavy atom. The molecule has 0 spiro atoms. The Hall–Kier alpha value is -4.10. The zero-order valence-corrected chi connectivity index (χ0v) is 25.4. The third kappa shape index (κ3) is 7.09. The summed E-state index contributed by atoms with van der Waals surface area (Å²) < 4.78 is 43.1. The number of alkyl halides is 3. The molecule has 5 rings (SSSR count). The second-order valence-corrected chi connectivity index (χ2v) is 10.8. The Bertz CT molecular complexity index is 1640. The van der Waals surface area contributed by atoms with Crippen molar-refractivity contribution in [1.29, 1.82) is 0 Å². The quantitative estimate of drug-likeness (QED) is 0.343. The number of amides is 3. The first-order valence-electron chi connectivity index (χ1n) is 13.6. The molecule has 0 bridgehead atoms. The van der Waals surface area contributed by atoms with Crippen LogP contribution in [-0.4, -0.2) is 96.8 Å². The van der Waals surface area contributed by atoms with Gasteiger partial charge in [-0.3, -0.25) is 19.1 Å². The number of nitrogens with one attached hydrogen (secondary N) is 2. The topological polar surface area (TPSA) is 138 Å². The Balaban J connectivity index is 0.00000461. The van der Waals surface area contributed by atoms with Crippen LogP contribution in [0.1, 0.15) is 33.1 Å². The van der Waals surface area contributed by atoms with Crippen LogP contribution < -0.4 is 10.6 Å². The molecule has 2 saturated heterocycles. The molecule has 2 aliphatic heterocycles. The maximum Gasteiger partial charge on any atom is 0.435 e. The number of aliphatic hydroxyl groups excluding tert-OH is 1. The zero-order valence-electron chi connectivity index (χ0n) is 23.8. The standard InChI is InChI=1S/C28H28ClF3N8O4.ClH/c1-3-6-40-15-19(23(36-40)28(30,31)32)22-14-34-24(37(22)2)25(42)35-16-4-5-18(20(29)11-16)26(43)38-7-9-39(10-8-38)27(44)21-12-17(41)13-33-21;/h1,4-5,11,14-15,17,21,33,41H,6-10,12-13H2,2H3,(H,35,42);1H/t17-,21+;/m1./s1. The molecule has 2 fully saturated rings. The number of rotatable bonds is 6. The highest BCUT2D eigenvalue weighted by atomic mass is 35.5. The molecule has 0 aliphatic carbocycles. The van der Waals surface area contributed by atoms with E-state index in [9.17, 15) is 32.7 Å². The molecule has 0 unspecified atom stereocenters. The minimum absolute atomic E-state index is 0. The van der Waals surface area contributed by atoms with Crippen LogP contribution in [0.4, 0.5) is 18.9 Å². The molecular formula is C28H29Cl2F3N8O4. The molecule has 1 aromatic carbocycles. The van der Waals surface area contributed by atoms with Gasteiger partial charge in [-0.25, -0.2) is 4.98 Å². The first-order chi connectivity index (χ1) is 20.9. The van der Waals surface area contributed by atoms with E-state index >= 15 is 0 Å². The van der Waals surface area contributed by atoms with Gasteiger partial charge in [0.2, 0.25) is 5.91 Å². The molecule has 2 atom stereocenters. The summed E-state index contributed by atoms with van der Waals surface area (Å²) >= 11 is 6.41. The molecule has 45 heavy (non-hydrogen) atoms. The minimum Gasteiger partial charge on any atom is -0.392 e. The van der Waals surface area contributed by atoms with Gasteiger partial charge in [-0.15, -0.1) is 18.8 Å². The maximum absolute atomic E-state index is 13.6. The van der Waals surface area contributed by atoms with Gasteiger partial charge in [0.05, 0.1) is 40.2 Å². The van der Waals surface area contributed by atoms with Crippen molar-refractivity contribution in [3.63, 3.8) is 0 Å². The number of carbonyl (C=O) groups is 3. The van der Waals surface area contributed by atoms with Gasteiger partial charge >= 0.3 is 6.18 Å². The fourth-order valence-electron chi connectivity index (χ4n) is 5.24. The van der Waals surface area contributed by atoms with Gasteiger partial charge in [0.15, 0.2) is 11.5 Å². The molecule has 2 aliphatic rings. The van der Waals surface area contributed by atoms with E-state index in [1.807, 2.05) is 0 Å². The molecule has 3 amide bonds. The van der Waals surface area contributed by atoms with Crippen molar-refractivity contribution in [3.8, 4) is 23.6 Å². The lowest BCUT2D eigenvalue weighted by Crippen LogP contribution is -2.54. The number of aliphatic hydroxyl groups is 1. The molecule has 3 N–H and O–H groups in total. The highest BCUT2D eigenvalue weighted by Crippen LogP contribution is 2.36. The van der Waals surface area contributed by atoms with Crippen molar-refractivity contribution < 1.29 is 32.7 Å². The number of carbonyl (C=O) groups excluding carboxylic acids is 3. The Morgan fingerprint density at radius 3 is 2.49 bits per heavy atom. The Labute approximate surface area is 266 Å². The summed E-state index contributed by atoms with van der Waals surface area (Å²) in [4.78, 5) is 46.1. The molecule has 240 valence electrons. The van der Waals surface area contributed by atoms with Crippen LogP contribution in [0.5, 0.6) is 0 Å². The molecule has 4 heterocycles. The van der Waals surface area contributed by atoms with E-state index in [-0.39, 0.29) is 64.1 Å². The number of imidazole rings is 1. The number of aromatic nitrogens is 4. The van der Waals surface area contributed by atoms with E-state index in [4.69, 9.17) is 18.0 Å². The van der Waals surface area contributed by atoms with E-state index in [0.29, 0.717) is 39.1 Å². The van der Waals surface area contributed by atoms with Crippen molar-refractivity contribution in [3.05, 3.63) is 52.7 Å². The van der Waals surface area contributed by atoms with Crippen molar-refractivity contribution in [2.45, 2.75) is 31.3 Å². The van der Waals surface area contributed by atoms with Crippen LogP contribution in [0.2, 0.25) is 5.02 Å². The van der Waals surface area contributed by atoms with E-state index in [0.717, 1.165) is 17.1 Å². The molecule has 12 nitrogen and oxygen atoms in total. The molecular weight excluding hydrogens is 640 g/mol. The molecule has 0 radical (unpaired) electrons. The Kier molecular flexibility index (Phi) is 10.1. The monoisotopic (exact) mass is 668 g/mol. The summed E-state index contributed by atoms with van der Waals surface area (Å²) in [5, 5.41) is 18.9. The lowest BCUT2D eigenvalue weighted by atomic mass is 10.1. The summed E-state index contributed by atoms with van der Waals surface area (Å²) in [6.07, 6.45) is 2.54. The molecule has 3 aromatic rings. The first kappa shape index (κ1) is 33.8. The molecule has 2 aromatic heterocycles. The highest BCUT2D eigenvalue weighted by Gasteiger charge is 2.39. The van der Waals surface area contributed by atoms with Gasteiger partial charge in [-0.1, -0.05) is 17.5 Å². The van der Waals surface area contributed by atoms with Gasteiger partial charge < -0.3 is 30.1 Å². The maximum atomic E-state index is 13.6. The van der Waals surface area contributed by atoms with Crippen molar-refractivity contribution in [1.82, 2.24) is 34.4 Å². The Morgan fingerprint density at radius 1 is 1.20 bits per heavy atom. The number of piperazine rings is 1. The first-order valence-corrected chi connectivity index (χ1v) is 14.0. The normalized spacial score (nSPS) is 18.3. The van der Waals surface area contributed by atoms with Crippen molar-refractivity contribution in [2.24, 2.45) is 7.05 Å². The second-order valence-electron chi connectivity index (χ2n) is 10.4. The van der Waals surface area contributed by atoms with Gasteiger partial charge in [-0.05, 0) is 24.6 Å². The number of terminal acetylenes is 1. The average Bonchev–Trinajstić information content (AvgIpc) is 3.71. The summed E-state index contributed by atoms with van der Waals surface area (Å²) in [5.41, 5.74) is -1.00. The summed E-state index contributed by atoms with van der Waals surface area (Å²) in [7, 11) is 1.39. The van der Waals surface area contributed by atoms with Crippen molar-refractivity contribution in [2.75, 3.05) is 38.0 Å². The fourth-order valence-corrected chi connectivity index (χ4v) is 5.50. The van der Waals surface area contributed by atoms with Crippen molar-refractivity contribution >= 4 is 47.4 Å².